The summed E-state index contributed by atoms with van der Waals surface area (Å²) in [4.78, 5) is 17.0. The Labute approximate surface area is 107 Å². The molecule has 0 unspecified atom stereocenters. The summed E-state index contributed by atoms with van der Waals surface area (Å²) in [6.45, 7) is 2.00. The summed E-state index contributed by atoms with van der Waals surface area (Å²) in [5.74, 6) is 1.21. The highest BCUT2D eigenvalue weighted by molar-refractivity contribution is 9.10. The number of aromatic nitrogens is 4. The highest BCUT2D eigenvalue weighted by Gasteiger charge is 2.11. The smallest absolute Gasteiger partial charge is 0.241 e. The second-order valence-corrected chi connectivity index (χ2v) is 4.07. The van der Waals surface area contributed by atoms with Gasteiger partial charge in [-0.15, -0.1) is 0 Å². The minimum absolute atomic E-state index is 0.458. The van der Waals surface area contributed by atoms with Crippen molar-refractivity contribution in [2.45, 2.75) is 13.3 Å². The number of aryl methyl sites for hydroxylation is 1. The molecular formula is C11H11BrN4O. The highest BCUT2D eigenvalue weighted by Crippen LogP contribution is 2.25. The molecule has 2 aromatic rings. The van der Waals surface area contributed by atoms with E-state index in [1.807, 2.05) is 6.92 Å². The van der Waals surface area contributed by atoms with E-state index in [2.05, 4.69) is 35.9 Å². The first-order chi connectivity index (χ1) is 8.24. The molecule has 0 aliphatic heterocycles. The maximum Gasteiger partial charge on any atom is 0.241 e. The molecule has 88 valence electrons. The molecule has 0 aromatic carbocycles. The van der Waals surface area contributed by atoms with Crippen molar-refractivity contribution in [3.63, 3.8) is 0 Å². The Morgan fingerprint density at radius 2 is 2.00 bits per heavy atom. The van der Waals surface area contributed by atoms with Crippen molar-refractivity contribution in [3.05, 3.63) is 28.9 Å². The normalized spacial score (nSPS) is 10.3. The van der Waals surface area contributed by atoms with E-state index in [1.54, 1.807) is 25.6 Å². The van der Waals surface area contributed by atoms with Gasteiger partial charge in [-0.05, 0) is 22.0 Å². The first-order valence-corrected chi connectivity index (χ1v) is 5.92. The van der Waals surface area contributed by atoms with Gasteiger partial charge in [-0.25, -0.2) is 19.9 Å². The van der Waals surface area contributed by atoms with Crippen molar-refractivity contribution in [1.29, 1.82) is 0 Å². The lowest BCUT2D eigenvalue weighted by Gasteiger charge is -2.06. The molecule has 2 rings (SSSR count). The van der Waals surface area contributed by atoms with Gasteiger partial charge in [-0.2, -0.15) is 0 Å². The van der Waals surface area contributed by atoms with Crippen LogP contribution in [0.15, 0.2) is 23.1 Å². The van der Waals surface area contributed by atoms with E-state index in [9.17, 15) is 0 Å². The molecule has 0 aliphatic carbocycles. The van der Waals surface area contributed by atoms with Gasteiger partial charge in [0, 0.05) is 18.8 Å². The van der Waals surface area contributed by atoms with Crippen molar-refractivity contribution in [2.24, 2.45) is 0 Å². The number of methoxy groups -OCH3 is 1. The van der Waals surface area contributed by atoms with Crippen molar-refractivity contribution in [2.75, 3.05) is 7.11 Å². The van der Waals surface area contributed by atoms with Crippen LogP contribution in [0.2, 0.25) is 0 Å². The lowest BCUT2D eigenvalue weighted by molar-refractivity contribution is 0.397. The van der Waals surface area contributed by atoms with Crippen LogP contribution in [0.3, 0.4) is 0 Å². The van der Waals surface area contributed by atoms with Crippen LogP contribution >= 0.6 is 15.9 Å². The summed E-state index contributed by atoms with van der Waals surface area (Å²) < 4.78 is 5.89. The molecule has 0 saturated carbocycles. The van der Waals surface area contributed by atoms with Gasteiger partial charge in [0.2, 0.25) is 5.88 Å². The van der Waals surface area contributed by atoms with Crippen LogP contribution in [-0.2, 0) is 6.42 Å². The Morgan fingerprint density at radius 3 is 2.71 bits per heavy atom. The van der Waals surface area contributed by atoms with Gasteiger partial charge >= 0.3 is 0 Å². The summed E-state index contributed by atoms with van der Waals surface area (Å²) in [6.07, 6.45) is 3.95. The van der Waals surface area contributed by atoms with Crippen LogP contribution in [0, 0.1) is 0 Å². The molecule has 2 heterocycles. The number of hydrogen-bond donors (Lipinski definition) is 0. The molecular weight excluding hydrogens is 284 g/mol. The molecule has 0 spiro atoms. The Hall–Kier alpha value is -1.56. The van der Waals surface area contributed by atoms with Crippen LogP contribution in [0.4, 0.5) is 0 Å². The average molecular weight is 295 g/mol. The third-order valence-electron chi connectivity index (χ3n) is 2.16. The van der Waals surface area contributed by atoms with E-state index in [1.165, 1.54) is 0 Å². The van der Waals surface area contributed by atoms with Crippen LogP contribution < -0.4 is 4.74 Å². The molecule has 0 bridgehead atoms. The summed E-state index contributed by atoms with van der Waals surface area (Å²) in [6, 6.07) is 1.80. The Balaban J connectivity index is 2.55. The number of hydrogen-bond acceptors (Lipinski definition) is 5. The molecule has 0 N–H and O–H groups in total. The number of nitrogens with zero attached hydrogens (tertiary/aromatic N) is 4. The third-order valence-corrected chi connectivity index (χ3v) is 2.56. The standard InChI is InChI=1S/C11H11BrN4O/c1-3-9-15-7(6-8(12)16-9)10-11(17-2)14-5-4-13-10/h4-6H,3H2,1-2H3. The maximum absolute atomic E-state index is 5.16. The maximum atomic E-state index is 5.16. The summed E-state index contributed by atoms with van der Waals surface area (Å²) in [7, 11) is 1.56. The zero-order valence-corrected chi connectivity index (χ0v) is 11.1. The molecule has 6 heteroatoms. The van der Waals surface area contributed by atoms with Gasteiger partial charge in [0.25, 0.3) is 0 Å². The fourth-order valence-electron chi connectivity index (χ4n) is 1.39. The van der Waals surface area contributed by atoms with Gasteiger partial charge in [0.15, 0.2) is 5.69 Å². The van der Waals surface area contributed by atoms with Gasteiger partial charge in [-0.1, -0.05) is 6.92 Å². The molecule has 0 radical (unpaired) electrons. The topological polar surface area (TPSA) is 60.8 Å². The highest BCUT2D eigenvalue weighted by atomic mass is 79.9. The van der Waals surface area contributed by atoms with Crippen LogP contribution in [-0.4, -0.2) is 27.0 Å². The van der Waals surface area contributed by atoms with E-state index in [-0.39, 0.29) is 0 Å². The second-order valence-electron chi connectivity index (χ2n) is 3.26. The third kappa shape index (κ3) is 2.58. The fourth-order valence-corrected chi connectivity index (χ4v) is 1.82. The van der Waals surface area contributed by atoms with Crippen LogP contribution in [0.1, 0.15) is 12.7 Å². The second kappa shape index (κ2) is 5.18. The van der Waals surface area contributed by atoms with Crippen molar-refractivity contribution in [3.8, 4) is 17.3 Å². The van der Waals surface area contributed by atoms with Crippen LogP contribution in [0.25, 0.3) is 11.4 Å². The zero-order chi connectivity index (χ0) is 12.3. The fraction of sp³-hybridized carbons (Fsp3) is 0.273. The SMILES string of the molecule is CCc1nc(Br)cc(-c2nccnc2OC)n1. The minimum atomic E-state index is 0.458. The van der Waals surface area contributed by atoms with E-state index in [0.29, 0.717) is 17.3 Å². The predicted molar refractivity (Wildman–Crippen MR) is 66.7 cm³/mol. The van der Waals surface area contributed by atoms with Gasteiger partial charge in [-0.3, -0.25) is 0 Å². The average Bonchev–Trinajstić information content (AvgIpc) is 2.37. The molecule has 0 aliphatic rings. The molecule has 0 amide bonds. The Bertz CT molecular complexity index is 533. The quantitative estimate of drug-likeness (QED) is 0.813. The largest absolute Gasteiger partial charge is 0.479 e. The molecule has 2 aromatic heterocycles. The first-order valence-electron chi connectivity index (χ1n) is 5.13. The molecule has 5 nitrogen and oxygen atoms in total. The number of halogens is 1. The lowest BCUT2D eigenvalue weighted by atomic mass is 10.3. The van der Waals surface area contributed by atoms with Crippen molar-refractivity contribution < 1.29 is 4.74 Å². The Morgan fingerprint density at radius 1 is 1.24 bits per heavy atom. The number of rotatable bonds is 3. The van der Waals surface area contributed by atoms with Gasteiger partial charge < -0.3 is 4.74 Å². The van der Waals surface area contributed by atoms with Crippen molar-refractivity contribution in [1.82, 2.24) is 19.9 Å². The summed E-state index contributed by atoms with van der Waals surface area (Å²) in [5.41, 5.74) is 1.32. The molecule has 0 fully saturated rings. The van der Waals surface area contributed by atoms with Crippen LogP contribution in [0.5, 0.6) is 5.88 Å². The van der Waals surface area contributed by atoms with E-state index < -0.39 is 0 Å². The van der Waals surface area contributed by atoms with E-state index >= 15 is 0 Å². The van der Waals surface area contributed by atoms with E-state index in [4.69, 9.17) is 4.74 Å². The van der Waals surface area contributed by atoms with Gasteiger partial charge in [0.05, 0.1) is 12.8 Å². The van der Waals surface area contributed by atoms with Gasteiger partial charge in [0.1, 0.15) is 10.4 Å². The summed E-state index contributed by atoms with van der Waals surface area (Å²) in [5, 5.41) is 0. The molecule has 17 heavy (non-hydrogen) atoms. The predicted octanol–water partition coefficient (Wildman–Crippen LogP) is 2.27. The molecule has 0 atom stereocenters. The monoisotopic (exact) mass is 294 g/mol. The Kier molecular flexibility index (Phi) is 3.63. The summed E-state index contributed by atoms with van der Waals surface area (Å²) >= 11 is 3.36. The van der Waals surface area contributed by atoms with E-state index in [0.717, 1.165) is 16.8 Å². The first kappa shape index (κ1) is 11.9. The van der Waals surface area contributed by atoms with Crippen molar-refractivity contribution >= 4 is 15.9 Å². The minimum Gasteiger partial charge on any atom is -0.479 e. The number of ether oxygens (including phenoxy) is 1. The molecule has 0 saturated heterocycles. The zero-order valence-electron chi connectivity index (χ0n) is 9.51. The lowest BCUT2D eigenvalue weighted by Crippen LogP contribution is -1.99.